The van der Waals surface area contributed by atoms with Gasteiger partial charge in [-0.25, -0.2) is 0 Å². The first-order valence-corrected chi connectivity index (χ1v) is 6.69. The topological polar surface area (TPSA) is 50.4 Å². The van der Waals surface area contributed by atoms with Crippen molar-refractivity contribution in [3.05, 3.63) is 29.8 Å². The van der Waals surface area contributed by atoms with Crippen LogP contribution in [-0.4, -0.2) is 25.6 Å². The molecule has 2 N–H and O–H groups in total. The van der Waals surface area contributed by atoms with E-state index in [1.54, 1.807) is 7.11 Å². The van der Waals surface area contributed by atoms with Crippen LogP contribution < -0.4 is 15.4 Å². The zero-order chi connectivity index (χ0) is 14.3. The maximum absolute atomic E-state index is 11.5. The highest BCUT2D eigenvalue weighted by molar-refractivity contribution is 5.76. The Morgan fingerprint density at radius 3 is 2.68 bits per heavy atom. The minimum atomic E-state index is 0.0837. The van der Waals surface area contributed by atoms with Crippen LogP contribution in [0.1, 0.15) is 38.8 Å². The van der Waals surface area contributed by atoms with Crippen LogP contribution in [-0.2, 0) is 4.79 Å². The Labute approximate surface area is 115 Å². The van der Waals surface area contributed by atoms with E-state index in [-0.39, 0.29) is 18.0 Å². The van der Waals surface area contributed by atoms with Gasteiger partial charge in [0.05, 0.1) is 7.11 Å². The van der Waals surface area contributed by atoms with E-state index in [2.05, 4.69) is 17.6 Å². The van der Waals surface area contributed by atoms with Crippen LogP contribution in [0, 0.1) is 0 Å². The summed E-state index contributed by atoms with van der Waals surface area (Å²) in [5.41, 5.74) is 1.16. The number of rotatable bonds is 7. The number of carbonyl (C=O) groups excluding carboxylic acids is 1. The first-order valence-electron chi connectivity index (χ1n) is 6.69. The second-order valence-corrected chi connectivity index (χ2v) is 4.92. The quantitative estimate of drug-likeness (QED) is 0.794. The molecule has 1 atom stereocenters. The van der Waals surface area contributed by atoms with Gasteiger partial charge in [-0.2, -0.15) is 0 Å². The molecule has 0 saturated heterocycles. The Bertz CT molecular complexity index is 405. The predicted molar refractivity (Wildman–Crippen MR) is 77.3 cm³/mol. The van der Waals surface area contributed by atoms with Crippen molar-refractivity contribution >= 4 is 5.91 Å². The van der Waals surface area contributed by atoms with Crippen molar-refractivity contribution in [3.8, 4) is 5.75 Å². The summed E-state index contributed by atoms with van der Waals surface area (Å²) in [6, 6.07) is 8.34. The molecule has 4 heteroatoms. The summed E-state index contributed by atoms with van der Waals surface area (Å²) >= 11 is 0. The smallest absolute Gasteiger partial charge is 0.221 e. The van der Waals surface area contributed by atoms with Crippen LogP contribution in [0.25, 0.3) is 0 Å². The highest BCUT2D eigenvalue weighted by Crippen LogP contribution is 2.18. The van der Waals surface area contributed by atoms with Gasteiger partial charge >= 0.3 is 0 Å². The number of hydrogen-bond acceptors (Lipinski definition) is 3. The lowest BCUT2D eigenvalue weighted by molar-refractivity contribution is -0.121. The van der Waals surface area contributed by atoms with E-state index in [0.29, 0.717) is 13.0 Å². The Kier molecular flexibility index (Phi) is 6.36. The molecule has 106 valence electrons. The lowest BCUT2D eigenvalue weighted by atomic mass is 10.1. The van der Waals surface area contributed by atoms with Gasteiger partial charge in [-0.15, -0.1) is 0 Å². The molecule has 0 spiro atoms. The molecule has 1 rings (SSSR count). The maximum Gasteiger partial charge on any atom is 0.221 e. The molecule has 0 saturated carbocycles. The van der Waals surface area contributed by atoms with E-state index in [1.807, 2.05) is 38.1 Å². The maximum atomic E-state index is 11.5. The lowest BCUT2D eigenvalue weighted by Crippen LogP contribution is -2.33. The molecule has 0 aromatic heterocycles. The highest BCUT2D eigenvalue weighted by atomic mass is 16.5. The zero-order valence-corrected chi connectivity index (χ0v) is 12.2. The van der Waals surface area contributed by atoms with Crippen molar-refractivity contribution in [3.63, 3.8) is 0 Å². The normalized spacial score (nSPS) is 12.3. The summed E-state index contributed by atoms with van der Waals surface area (Å²) in [4.78, 5) is 11.5. The summed E-state index contributed by atoms with van der Waals surface area (Å²) in [7, 11) is 1.66. The van der Waals surface area contributed by atoms with E-state index in [1.165, 1.54) is 0 Å². The average molecular weight is 264 g/mol. The number of ether oxygens (including phenoxy) is 1. The van der Waals surface area contributed by atoms with E-state index in [0.717, 1.165) is 11.3 Å². The Balaban J connectivity index is 2.38. The van der Waals surface area contributed by atoms with Crippen LogP contribution in [0.5, 0.6) is 5.75 Å². The first-order chi connectivity index (χ1) is 9.02. The molecular formula is C15H24N2O2. The molecule has 4 nitrogen and oxygen atoms in total. The van der Waals surface area contributed by atoms with Gasteiger partial charge in [0.1, 0.15) is 5.75 Å². The summed E-state index contributed by atoms with van der Waals surface area (Å²) in [6.07, 6.45) is 0.493. The monoisotopic (exact) mass is 264 g/mol. The molecule has 0 bridgehead atoms. The van der Waals surface area contributed by atoms with E-state index < -0.39 is 0 Å². The largest absolute Gasteiger partial charge is 0.497 e. The third-order valence-corrected chi connectivity index (χ3v) is 2.85. The Hall–Kier alpha value is -1.55. The molecule has 0 aliphatic rings. The number of amides is 1. The third kappa shape index (κ3) is 5.75. The van der Waals surface area contributed by atoms with Crippen LogP contribution in [0.3, 0.4) is 0 Å². The van der Waals surface area contributed by atoms with Crippen molar-refractivity contribution in [1.82, 2.24) is 10.6 Å². The number of hydrogen-bond donors (Lipinski definition) is 2. The van der Waals surface area contributed by atoms with Crippen molar-refractivity contribution in [1.29, 1.82) is 0 Å². The van der Waals surface area contributed by atoms with Crippen LogP contribution in [0.4, 0.5) is 0 Å². The Morgan fingerprint density at radius 2 is 2.05 bits per heavy atom. The second kappa shape index (κ2) is 7.79. The molecule has 0 aliphatic carbocycles. The van der Waals surface area contributed by atoms with Crippen molar-refractivity contribution in [2.75, 3.05) is 13.7 Å². The number of carbonyl (C=O) groups is 1. The average Bonchev–Trinajstić information content (AvgIpc) is 2.37. The number of nitrogens with one attached hydrogen (secondary N) is 2. The standard InChI is InChI=1S/C15H24N2O2/c1-11(2)17-15(18)8-9-16-12(3)13-6-5-7-14(10-13)19-4/h5-7,10-12,16H,8-9H2,1-4H3,(H,17,18)/t12-/m1/s1. The van der Waals surface area contributed by atoms with Crippen molar-refractivity contribution in [2.24, 2.45) is 0 Å². The van der Waals surface area contributed by atoms with E-state index >= 15 is 0 Å². The van der Waals surface area contributed by atoms with Gasteiger partial charge in [-0.1, -0.05) is 12.1 Å². The predicted octanol–water partition coefficient (Wildman–Crippen LogP) is 2.26. The molecule has 0 radical (unpaired) electrons. The van der Waals surface area contributed by atoms with E-state index in [4.69, 9.17) is 4.74 Å². The van der Waals surface area contributed by atoms with Gasteiger partial charge in [0.15, 0.2) is 0 Å². The molecule has 0 fully saturated rings. The van der Waals surface area contributed by atoms with Crippen LogP contribution in [0.2, 0.25) is 0 Å². The second-order valence-electron chi connectivity index (χ2n) is 4.92. The van der Waals surface area contributed by atoms with Crippen LogP contribution in [0.15, 0.2) is 24.3 Å². The third-order valence-electron chi connectivity index (χ3n) is 2.85. The molecule has 1 amide bonds. The fourth-order valence-corrected chi connectivity index (χ4v) is 1.83. The molecule has 1 aromatic carbocycles. The Morgan fingerprint density at radius 1 is 1.32 bits per heavy atom. The molecule has 0 aliphatic heterocycles. The number of benzene rings is 1. The van der Waals surface area contributed by atoms with Crippen molar-refractivity contribution in [2.45, 2.75) is 39.3 Å². The van der Waals surface area contributed by atoms with Gasteiger partial charge in [-0.05, 0) is 38.5 Å². The first kappa shape index (κ1) is 15.5. The molecular weight excluding hydrogens is 240 g/mol. The number of methoxy groups -OCH3 is 1. The fraction of sp³-hybridized carbons (Fsp3) is 0.533. The van der Waals surface area contributed by atoms with Gasteiger partial charge in [-0.3, -0.25) is 4.79 Å². The summed E-state index contributed by atoms with van der Waals surface area (Å²) < 4.78 is 5.20. The molecule has 0 unspecified atom stereocenters. The zero-order valence-electron chi connectivity index (χ0n) is 12.2. The highest BCUT2D eigenvalue weighted by Gasteiger charge is 2.07. The summed E-state index contributed by atoms with van der Waals surface area (Å²) in [6.45, 7) is 6.67. The summed E-state index contributed by atoms with van der Waals surface area (Å²) in [5.74, 6) is 0.934. The van der Waals surface area contributed by atoms with Gasteiger partial charge < -0.3 is 15.4 Å². The lowest BCUT2D eigenvalue weighted by Gasteiger charge is -2.15. The van der Waals surface area contributed by atoms with Gasteiger partial charge in [0.25, 0.3) is 0 Å². The molecule has 19 heavy (non-hydrogen) atoms. The minimum Gasteiger partial charge on any atom is -0.497 e. The molecule has 1 aromatic rings. The SMILES string of the molecule is COc1cccc([C@@H](C)NCCC(=O)NC(C)C)c1. The fourth-order valence-electron chi connectivity index (χ4n) is 1.83. The summed E-state index contributed by atoms with van der Waals surface area (Å²) in [5, 5.41) is 6.21. The minimum absolute atomic E-state index is 0.0837. The van der Waals surface area contributed by atoms with Gasteiger partial charge in [0, 0.05) is 25.0 Å². The van der Waals surface area contributed by atoms with Crippen LogP contribution >= 0.6 is 0 Å². The molecule has 0 heterocycles. The van der Waals surface area contributed by atoms with Gasteiger partial charge in [0.2, 0.25) is 5.91 Å². The van der Waals surface area contributed by atoms with Crippen molar-refractivity contribution < 1.29 is 9.53 Å². The van der Waals surface area contributed by atoms with E-state index in [9.17, 15) is 4.79 Å².